The van der Waals surface area contributed by atoms with Crippen molar-refractivity contribution in [1.82, 2.24) is 0 Å². The van der Waals surface area contributed by atoms with Crippen molar-refractivity contribution < 1.29 is 4.74 Å². The molecule has 0 aliphatic rings. The zero-order valence-electron chi connectivity index (χ0n) is 8.64. The van der Waals surface area contributed by atoms with Crippen LogP contribution in [0.25, 0.3) is 0 Å². The minimum atomic E-state index is 0.645. The second kappa shape index (κ2) is 5.23. The zero-order chi connectivity index (χ0) is 10.6. The van der Waals surface area contributed by atoms with Gasteiger partial charge in [0.2, 0.25) is 0 Å². The predicted octanol–water partition coefficient (Wildman–Crippen LogP) is 2.41. The van der Waals surface area contributed by atoms with Crippen molar-refractivity contribution in [3.63, 3.8) is 0 Å². The Morgan fingerprint density at radius 1 is 1.43 bits per heavy atom. The van der Waals surface area contributed by atoms with E-state index in [1.54, 1.807) is 7.11 Å². The summed E-state index contributed by atoms with van der Waals surface area (Å²) in [4.78, 5) is 0. The SMILES string of the molecule is CCc1cc(CCN)cc(Cl)c1OC. The van der Waals surface area contributed by atoms with Crippen LogP contribution in [0.1, 0.15) is 18.1 Å². The Hall–Kier alpha value is -0.730. The van der Waals surface area contributed by atoms with Crippen molar-refractivity contribution >= 4 is 11.6 Å². The molecule has 0 aliphatic heterocycles. The number of aryl methyl sites for hydroxylation is 1. The number of hydrogen-bond donors (Lipinski definition) is 1. The Bertz CT molecular complexity index is 312. The smallest absolute Gasteiger partial charge is 0.140 e. The summed E-state index contributed by atoms with van der Waals surface area (Å²) in [5, 5.41) is 0.676. The Balaban J connectivity index is 3.10. The van der Waals surface area contributed by atoms with Crippen LogP contribution in [0, 0.1) is 0 Å². The van der Waals surface area contributed by atoms with Crippen LogP contribution in [0.15, 0.2) is 12.1 Å². The van der Waals surface area contributed by atoms with Gasteiger partial charge in [-0.2, -0.15) is 0 Å². The third-order valence-corrected chi connectivity index (χ3v) is 2.48. The van der Waals surface area contributed by atoms with Crippen molar-refractivity contribution in [1.29, 1.82) is 0 Å². The summed E-state index contributed by atoms with van der Waals surface area (Å²) in [7, 11) is 1.64. The maximum atomic E-state index is 6.08. The zero-order valence-corrected chi connectivity index (χ0v) is 9.40. The Morgan fingerprint density at radius 2 is 2.14 bits per heavy atom. The van der Waals surface area contributed by atoms with Crippen molar-refractivity contribution in [2.75, 3.05) is 13.7 Å². The molecule has 14 heavy (non-hydrogen) atoms. The first-order valence-electron chi connectivity index (χ1n) is 4.78. The summed E-state index contributed by atoms with van der Waals surface area (Å²) >= 11 is 6.08. The fourth-order valence-corrected chi connectivity index (χ4v) is 1.85. The minimum absolute atomic E-state index is 0.645. The lowest BCUT2D eigenvalue weighted by Gasteiger charge is -2.11. The molecule has 0 radical (unpaired) electrons. The highest BCUT2D eigenvalue weighted by atomic mass is 35.5. The average Bonchev–Trinajstić information content (AvgIpc) is 2.17. The number of benzene rings is 1. The van der Waals surface area contributed by atoms with E-state index in [-0.39, 0.29) is 0 Å². The van der Waals surface area contributed by atoms with Gasteiger partial charge < -0.3 is 10.5 Å². The van der Waals surface area contributed by atoms with Crippen molar-refractivity contribution in [3.05, 3.63) is 28.3 Å². The lowest BCUT2D eigenvalue weighted by Crippen LogP contribution is -2.03. The standard InChI is InChI=1S/C11H16ClNO/c1-3-9-6-8(4-5-13)7-10(12)11(9)14-2/h6-7H,3-5,13H2,1-2H3. The van der Waals surface area contributed by atoms with Gasteiger partial charge in [0.25, 0.3) is 0 Å². The molecule has 0 fully saturated rings. The molecule has 2 nitrogen and oxygen atoms in total. The van der Waals surface area contributed by atoms with Crippen molar-refractivity contribution in [3.8, 4) is 5.75 Å². The molecule has 0 amide bonds. The molecule has 0 unspecified atom stereocenters. The first-order chi connectivity index (χ1) is 6.72. The molecule has 0 heterocycles. The largest absolute Gasteiger partial charge is 0.495 e. The van der Waals surface area contributed by atoms with E-state index in [9.17, 15) is 0 Å². The lowest BCUT2D eigenvalue weighted by atomic mass is 10.1. The van der Waals surface area contributed by atoms with Gasteiger partial charge in [-0.3, -0.25) is 0 Å². The van der Waals surface area contributed by atoms with E-state index < -0.39 is 0 Å². The molecule has 78 valence electrons. The van der Waals surface area contributed by atoms with Crippen LogP contribution >= 0.6 is 11.6 Å². The van der Waals surface area contributed by atoms with Crippen molar-refractivity contribution in [2.45, 2.75) is 19.8 Å². The van der Waals surface area contributed by atoms with Crippen LogP contribution in [0.4, 0.5) is 0 Å². The van der Waals surface area contributed by atoms with Crippen LogP contribution in [0.3, 0.4) is 0 Å². The quantitative estimate of drug-likeness (QED) is 0.834. The molecule has 1 rings (SSSR count). The molecule has 0 aliphatic carbocycles. The molecule has 0 atom stereocenters. The van der Waals surface area contributed by atoms with Gasteiger partial charge >= 0.3 is 0 Å². The summed E-state index contributed by atoms with van der Waals surface area (Å²) < 4.78 is 5.24. The maximum absolute atomic E-state index is 6.08. The van der Waals surface area contributed by atoms with Gasteiger partial charge in [-0.05, 0) is 36.6 Å². The highest BCUT2D eigenvalue weighted by Gasteiger charge is 2.08. The average molecular weight is 214 g/mol. The van der Waals surface area contributed by atoms with E-state index in [1.165, 1.54) is 5.56 Å². The normalized spacial score (nSPS) is 10.3. The van der Waals surface area contributed by atoms with Crippen LogP contribution in [0.5, 0.6) is 5.75 Å². The van der Waals surface area contributed by atoms with Gasteiger partial charge in [0.05, 0.1) is 12.1 Å². The van der Waals surface area contributed by atoms with Gasteiger partial charge in [0.15, 0.2) is 0 Å². The van der Waals surface area contributed by atoms with Crippen LogP contribution in [0.2, 0.25) is 5.02 Å². The fourth-order valence-electron chi connectivity index (χ4n) is 1.51. The molecule has 2 N–H and O–H groups in total. The third-order valence-electron chi connectivity index (χ3n) is 2.20. The molecule has 0 bridgehead atoms. The second-order valence-electron chi connectivity index (χ2n) is 3.16. The van der Waals surface area contributed by atoms with Gasteiger partial charge in [-0.25, -0.2) is 0 Å². The lowest BCUT2D eigenvalue weighted by molar-refractivity contribution is 0.410. The minimum Gasteiger partial charge on any atom is -0.495 e. The van der Waals surface area contributed by atoms with Gasteiger partial charge in [-0.1, -0.05) is 24.6 Å². The summed E-state index contributed by atoms with van der Waals surface area (Å²) in [6.45, 7) is 2.73. The van der Waals surface area contributed by atoms with Crippen LogP contribution in [-0.4, -0.2) is 13.7 Å². The van der Waals surface area contributed by atoms with E-state index in [4.69, 9.17) is 22.1 Å². The second-order valence-corrected chi connectivity index (χ2v) is 3.57. The first-order valence-corrected chi connectivity index (χ1v) is 5.16. The number of methoxy groups -OCH3 is 1. The number of halogens is 1. The fraction of sp³-hybridized carbons (Fsp3) is 0.455. The van der Waals surface area contributed by atoms with E-state index >= 15 is 0 Å². The third kappa shape index (κ3) is 2.40. The van der Waals surface area contributed by atoms with Gasteiger partial charge in [-0.15, -0.1) is 0 Å². The number of rotatable bonds is 4. The van der Waals surface area contributed by atoms with Gasteiger partial charge in [0.1, 0.15) is 5.75 Å². The highest BCUT2D eigenvalue weighted by molar-refractivity contribution is 6.32. The summed E-state index contributed by atoms with van der Waals surface area (Å²) in [5.74, 6) is 0.787. The van der Waals surface area contributed by atoms with E-state index in [0.29, 0.717) is 11.6 Å². The molecule has 0 spiro atoms. The van der Waals surface area contributed by atoms with E-state index in [1.807, 2.05) is 6.07 Å². The summed E-state index contributed by atoms with van der Waals surface area (Å²) in [6, 6.07) is 4.03. The van der Waals surface area contributed by atoms with Crippen LogP contribution in [-0.2, 0) is 12.8 Å². The Kier molecular flexibility index (Phi) is 4.23. The maximum Gasteiger partial charge on any atom is 0.140 e. The predicted molar refractivity (Wildman–Crippen MR) is 60.1 cm³/mol. The van der Waals surface area contributed by atoms with Crippen LogP contribution < -0.4 is 10.5 Å². The molecule has 1 aromatic carbocycles. The first kappa shape index (κ1) is 11.3. The van der Waals surface area contributed by atoms with Crippen molar-refractivity contribution in [2.24, 2.45) is 5.73 Å². The summed E-state index contributed by atoms with van der Waals surface area (Å²) in [6.07, 6.45) is 1.78. The molecule has 0 saturated heterocycles. The summed E-state index contributed by atoms with van der Waals surface area (Å²) in [5.41, 5.74) is 7.82. The number of hydrogen-bond acceptors (Lipinski definition) is 2. The molecule has 0 saturated carbocycles. The van der Waals surface area contributed by atoms with E-state index in [0.717, 1.165) is 24.2 Å². The number of ether oxygens (including phenoxy) is 1. The number of nitrogens with two attached hydrogens (primary N) is 1. The topological polar surface area (TPSA) is 35.2 Å². The Labute approximate surface area is 90.0 Å². The molecule has 3 heteroatoms. The Morgan fingerprint density at radius 3 is 2.64 bits per heavy atom. The molecular weight excluding hydrogens is 198 g/mol. The van der Waals surface area contributed by atoms with Gasteiger partial charge in [0, 0.05) is 0 Å². The molecule has 1 aromatic rings. The highest BCUT2D eigenvalue weighted by Crippen LogP contribution is 2.30. The molecule has 0 aromatic heterocycles. The van der Waals surface area contributed by atoms with E-state index in [2.05, 4.69) is 13.0 Å². The molecular formula is C11H16ClNO. The monoisotopic (exact) mass is 213 g/mol.